The summed E-state index contributed by atoms with van der Waals surface area (Å²) in [5, 5.41) is 31.9. The Kier molecular flexibility index (Phi) is 6.06. The molecular formula is C18H22N2O8. The fourth-order valence-corrected chi connectivity index (χ4v) is 3.32. The van der Waals surface area contributed by atoms with Crippen molar-refractivity contribution in [1.29, 1.82) is 0 Å². The van der Waals surface area contributed by atoms with Gasteiger partial charge in [0.05, 0.1) is 30.9 Å². The number of aliphatic hydroxyl groups excluding tert-OH is 3. The van der Waals surface area contributed by atoms with Crippen LogP contribution in [0.15, 0.2) is 24.3 Å². The normalized spacial score (nSPS) is 29.7. The Morgan fingerprint density at radius 2 is 1.79 bits per heavy atom. The van der Waals surface area contributed by atoms with E-state index in [1.165, 1.54) is 6.92 Å². The minimum Gasteiger partial charge on any atom is -0.394 e. The Labute approximate surface area is 160 Å². The summed E-state index contributed by atoms with van der Waals surface area (Å²) in [7, 11) is 0. The summed E-state index contributed by atoms with van der Waals surface area (Å²) in [6, 6.07) is 5.38. The molecule has 5 atom stereocenters. The van der Waals surface area contributed by atoms with E-state index in [1.807, 2.05) is 0 Å². The number of fused-ring (bicyclic) bond motifs is 1. The molecule has 0 saturated carbocycles. The molecule has 2 aliphatic heterocycles. The van der Waals surface area contributed by atoms with Gasteiger partial charge in [0.25, 0.3) is 11.8 Å². The lowest BCUT2D eigenvalue weighted by Gasteiger charge is -2.42. The lowest BCUT2D eigenvalue weighted by molar-refractivity contribution is -0.270. The maximum atomic E-state index is 12.3. The first-order chi connectivity index (χ1) is 13.3. The first kappa shape index (κ1) is 20.4. The van der Waals surface area contributed by atoms with E-state index in [0.717, 1.165) is 4.90 Å². The maximum Gasteiger partial charge on any atom is 0.261 e. The second kappa shape index (κ2) is 8.33. The lowest BCUT2D eigenvalue weighted by atomic mass is 9.97. The fraction of sp³-hybridized carbons (Fsp3) is 0.500. The Morgan fingerprint density at radius 1 is 1.18 bits per heavy atom. The quantitative estimate of drug-likeness (QED) is 0.415. The molecular weight excluding hydrogens is 372 g/mol. The van der Waals surface area contributed by atoms with E-state index >= 15 is 0 Å². The highest BCUT2D eigenvalue weighted by atomic mass is 16.7. The number of carbonyl (C=O) groups is 3. The third kappa shape index (κ3) is 3.77. The van der Waals surface area contributed by atoms with Crippen molar-refractivity contribution < 1.29 is 39.2 Å². The number of nitrogens with zero attached hydrogens (tertiary/aromatic N) is 1. The van der Waals surface area contributed by atoms with Crippen LogP contribution < -0.4 is 5.32 Å². The molecule has 0 aliphatic carbocycles. The zero-order chi connectivity index (χ0) is 20.4. The Hall–Kier alpha value is -2.37. The summed E-state index contributed by atoms with van der Waals surface area (Å²) in [5.41, 5.74) is 0.632. The lowest BCUT2D eigenvalue weighted by Crippen LogP contribution is -2.64. The average Bonchev–Trinajstić information content (AvgIpc) is 2.92. The van der Waals surface area contributed by atoms with Gasteiger partial charge in [0.15, 0.2) is 6.29 Å². The summed E-state index contributed by atoms with van der Waals surface area (Å²) in [4.78, 5) is 37.1. The van der Waals surface area contributed by atoms with Gasteiger partial charge in [0.2, 0.25) is 5.91 Å². The van der Waals surface area contributed by atoms with Crippen LogP contribution in [0.3, 0.4) is 0 Å². The van der Waals surface area contributed by atoms with E-state index < -0.39 is 55.0 Å². The number of amides is 3. The van der Waals surface area contributed by atoms with Crippen molar-refractivity contribution in [2.24, 2.45) is 0 Å². The highest BCUT2D eigenvalue weighted by Gasteiger charge is 2.45. The van der Waals surface area contributed by atoms with Crippen molar-refractivity contribution in [2.75, 3.05) is 19.8 Å². The zero-order valence-corrected chi connectivity index (χ0v) is 15.1. The molecule has 2 heterocycles. The van der Waals surface area contributed by atoms with Gasteiger partial charge < -0.3 is 30.1 Å². The standard InChI is InChI=1S/C18H22N2O8/c1-9(22)19-13-15(24)14(23)12(8-21)28-18(13)27-7-6-20-16(25)10-4-2-3-5-11(10)17(20)26/h2-5,12-15,18,21,23-24H,6-8H2,1H3,(H,19,22)/t12-,13+,14-,15-,18-/m1/s1. The van der Waals surface area contributed by atoms with E-state index in [-0.39, 0.29) is 13.2 Å². The minimum atomic E-state index is -1.43. The Balaban J connectivity index is 1.64. The van der Waals surface area contributed by atoms with Crippen molar-refractivity contribution in [1.82, 2.24) is 10.2 Å². The molecule has 1 aromatic rings. The minimum absolute atomic E-state index is 0.0680. The van der Waals surface area contributed by atoms with Crippen LogP contribution in [-0.2, 0) is 14.3 Å². The Bertz CT molecular complexity index is 735. The van der Waals surface area contributed by atoms with E-state index in [1.54, 1.807) is 24.3 Å². The van der Waals surface area contributed by atoms with Gasteiger partial charge in [-0.15, -0.1) is 0 Å². The molecule has 0 aromatic heterocycles. The van der Waals surface area contributed by atoms with Crippen molar-refractivity contribution >= 4 is 17.7 Å². The number of hydrogen-bond donors (Lipinski definition) is 4. The molecule has 3 rings (SSSR count). The molecule has 1 aromatic carbocycles. The molecule has 10 nitrogen and oxygen atoms in total. The molecule has 0 bridgehead atoms. The monoisotopic (exact) mass is 394 g/mol. The molecule has 0 radical (unpaired) electrons. The molecule has 152 valence electrons. The zero-order valence-electron chi connectivity index (χ0n) is 15.1. The second-order valence-corrected chi connectivity index (χ2v) is 6.61. The molecule has 0 spiro atoms. The van der Waals surface area contributed by atoms with Crippen LogP contribution in [0, 0.1) is 0 Å². The fourth-order valence-electron chi connectivity index (χ4n) is 3.32. The van der Waals surface area contributed by atoms with E-state index in [4.69, 9.17) is 9.47 Å². The summed E-state index contributed by atoms with van der Waals surface area (Å²) in [6.07, 6.45) is -5.14. The molecule has 3 amide bonds. The number of nitrogens with one attached hydrogen (secondary N) is 1. The number of rotatable bonds is 6. The number of aliphatic hydroxyl groups is 3. The third-order valence-electron chi connectivity index (χ3n) is 4.73. The predicted molar refractivity (Wildman–Crippen MR) is 93.1 cm³/mol. The van der Waals surface area contributed by atoms with Crippen molar-refractivity contribution in [2.45, 2.75) is 37.6 Å². The van der Waals surface area contributed by atoms with Crippen LogP contribution in [0.2, 0.25) is 0 Å². The van der Waals surface area contributed by atoms with Gasteiger partial charge >= 0.3 is 0 Å². The summed E-state index contributed by atoms with van der Waals surface area (Å²) < 4.78 is 11.0. The van der Waals surface area contributed by atoms with Gasteiger partial charge in [-0.05, 0) is 12.1 Å². The molecule has 1 fully saturated rings. The SMILES string of the molecule is CC(=O)N[C@@H]1[C@H](OCCN2C(=O)c3ccccc3C2=O)O[C@H](CO)[C@@H](O)[C@@H]1O. The molecule has 28 heavy (non-hydrogen) atoms. The number of carbonyl (C=O) groups excluding carboxylic acids is 3. The van der Waals surface area contributed by atoms with Crippen molar-refractivity contribution in [3.8, 4) is 0 Å². The number of hydrogen-bond acceptors (Lipinski definition) is 8. The summed E-state index contributed by atoms with van der Waals surface area (Å²) >= 11 is 0. The number of imide groups is 1. The van der Waals surface area contributed by atoms with E-state index in [2.05, 4.69) is 5.32 Å². The van der Waals surface area contributed by atoms with Gasteiger partial charge in [-0.25, -0.2) is 0 Å². The predicted octanol–water partition coefficient (Wildman–Crippen LogP) is -1.76. The maximum absolute atomic E-state index is 12.3. The summed E-state index contributed by atoms with van der Waals surface area (Å²) in [6.45, 7) is 0.463. The second-order valence-electron chi connectivity index (χ2n) is 6.61. The molecule has 10 heteroatoms. The van der Waals surface area contributed by atoms with Gasteiger partial charge in [-0.2, -0.15) is 0 Å². The smallest absolute Gasteiger partial charge is 0.261 e. The highest BCUT2D eigenvalue weighted by Crippen LogP contribution is 2.24. The van der Waals surface area contributed by atoms with Gasteiger partial charge in [-0.3, -0.25) is 19.3 Å². The van der Waals surface area contributed by atoms with Crippen LogP contribution in [0.5, 0.6) is 0 Å². The van der Waals surface area contributed by atoms with Crippen LogP contribution in [0.1, 0.15) is 27.6 Å². The molecule has 2 aliphatic rings. The number of ether oxygens (including phenoxy) is 2. The van der Waals surface area contributed by atoms with Crippen LogP contribution >= 0.6 is 0 Å². The van der Waals surface area contributed by atoms with Crippen molar-refractivity contribution in [3.63, 3.8) is 0 Å². The first-order valence-electron chi connectivity index (χ1n) is 8.81. The van der Waals surface area contributed by atoms with Crippen molar-refractivity contribution in [3.05, 3.63) is 35.4 Å². The highest BCUT2D eigenvalue weighted by molar-refractivity contribution is 6.21. The van der Waals surface area contributed by atoms with Crippen LogP contribution in [0.25, 0.3) is 0 Å². The van der Waals surface area contributed by atoms with E-state index in [9.17, 15) is 29.7 Å². The first-order valence-corrected chi connectivity index (χ1v) is 8.81. The van der Waals surface area contributed by atoms with Gasteiger partial charge in [0, 0.05) is 6.92 Å². The van der Waals surface area contributed by atoms with E-state index in [0.29, 0.717) is 11.1 Å². The van der Waals surface area contributed by atoms with Crippen LogP contribution in [-0.4, -0.2) is 88.3 Å². The largest absolute Gasteiger partial charge is 0.394 e. The topological polar surface area (TPSA) is 146 Å². The van der Waals surface area contributed by atoms with Gasteiger partial charge in [-0.1, -0.05) is 12.1 Å². The van der Waals surface area contributed by atoms with Gasteiger partial charge in [0.1, 0.15) is 24.4 Å². The summed E-state index contributed by atoms with van der Waals surface area (Å²) in [5.74, 6) is -1.34. The molecule has 0 unspecified atom stereocenters. The van der Waals surface area contributed by atoms with Crippen LogP contribution in [0.4, 0.5) is 0 Å². The number of benzene rings is 1. The third-order valence-corrected chi connectivity index (χ3v) is 4.73. The Morgan fingerprint density at radius 3 is 2.32 bits per heavy atom. The molecule has 1 saturated heterocycles. The molecule has 4 N–H and O–H groups in total. The average molecular weight is 394 g/mol.